The first kappa shape index (κ1) is 14.9. The van der Waals surface area contributed by atoms with Gasteiger partial charge in [0, 0.05) is 17.5 Å². The molecule has 1 N–H and O–H groups in total. The lowest BCUT2D eigenvalue weighted by molar-refractivity contribution is -0.0847. The molecule has 21 heavy (non-hydrogen) atoms. The lowest BCUT2D eigenvalue weighted by Gasteiger charge is -2.42. The normalized spacial score (nSPS) is 18.6. The Hall–Kier alpha value is -1.03. The van der Waals surface area contributed by atoms with Crippen LogP contribution in [0.5, 0.6) is 0 Å². The summed E-state index contributed by atoms with van der Waals surface area (Å²) in [5, 5.41) is 5.32. The topological polar surface area (TPSA) is 34.4 Å². The molecular weight excluding hydrogens is 286 g/mol. The summed E-state index contributed by atoms with van der Waals surface area (Å²) in [5.74, 6) is 0.970. The highest BCUT2D eigenvalue weighted by molar-refractivity contribution is 6.31. The van der Waals surface area contributed by atoms with Gasteiger partial charge >= 0.3 is 0 Å². The molecule has 0 radical (unpaired) electrons. The van der Waals surface area contributed by atoms with E-state index in [0.29, 0.717) is 0 Å². The second-order valence-corrected chi connectivity index (χ2v) is 6.32. The molecule has 1 saturated carbocycles. The minimum atomic E-state index is 0.0173. The molecule has 0 amide bonds. The van der Waals surface area contributed by atoms with E-state index in [-0.39, 0.29) is 11.6 Å². The van der Waals surface area contributed by atoms with Gasteiger partial charge in [0.25, 0.3) is 0 Å². The fourth-order valence-electron chi connectivity index (χ4n) is 3.16. The van der Waals surface area contributed by atoms with E-state index in [9.17, 15) is 0 Å². The van der Waals surface area contributed by atoms with E-state index in [1.54, 1.807) is 0 Å². The molecule has 0 saturated heterocycles. The van der Waals surface area contributed by atoms with Crippen LogP contribution in [0.4, 0.5) is 0 Å². The molecule has 0 aliphatic heterocycles. The summed E-state index contributed by atoms with van der Waals surface area (Å²) in [6.45, 7) is 3.02. The average Bonchev–Trinajstić information content (AvgIpc) is 2.84. The van der Waals surface area contributed by atoms with Crippen molar-refractivity contribution >= 4 is 22.6 Å². The largest absolute Gasteiger partial charge is 0.459 e. The standard InChI is InChI=1S/C17H22ClNO2/c1-3-19-14(11-17(20-2)7-4-8-17)16-10-12-9-13(18)5-6-15(12)21-16/h5-6,9-10,14,19H,3-4,7-8,11H2,1-2H3. The molecule has 1 aliphatic carbocycles. The molecule has 2 aromatic rings. The molecule has 1 aliphatic rings. The fraction of sp³-hybridized carbons (Fsp3) is 0.529. The van der Waals surface area contributed by atoms with Crippen LogP contribution in [0.1, 0.15) is 44.4 Å². The number of nitrogens with one attached hydrogen (secondary N) is 1. The zero-order valence-electron chi connectivity index (χ0n) is 12.6. The predicted molar refractivity (Wildman–Crippen MR) is 85.8 cm³/mol. The van der Waals surface area contributed by atoms with Crippen LogP contribution in [-0.4, -0.2) is 19.3 Å². The third-order valence-electron chi connectivity index (χ3n) is 4.57. The average molecular weight is 308 g/mol. The van der Waals surface area contributed by atoms with Crippen LogP contribution in [0.15, 0.2) is 28.7 Å². The molecule has 1 heterocycles. The lowest BCUT2D eigenvalue weighted by Crippen LogP contribution is -2.42. The van der Waals surface area contributed by atoms with Crippen LogP contribution in [-0.2, 0) is 4.74 Å². The number of ether oxygens (including phenoxy) is 1. The van der Waals surface area contributed by atoms with Crippen molar-refractivity contribution in [3.05, 3.63) is 35.0 Å². The summed E-state index contributed by atoms with van der Waals surface area (Å²) in [4.78, 5) is 0. The molecule has 1 atom stereocenters. The van der Waals surface area contributed by atoms with Gasteiger partial charge in [-0.05, 0) is 56.5 Å². The van der Waals surface area contributed by atoms with Crippen molar-refractivity contribution in [2.75, 3.05) is 13.7 Å². The number of benzene rings is 1. The van der Waals surface area contributed by atoms with Crippen molar-refractivity contribution in [3.63, 3.8) is 0 Å². The van der Waals surface area contributed by atoms with E-state index in [1.165, 1.54) is 6.42 Å². The Kier molecular flexibility index (Phi) is 4.25. The highest BCUT2D eigenvalue weighted by Crippen LogP contribution is 2.42. The number of hydrogen-bond donors (Lipinski definition) is 1. The number of rotatable bonds is 6. The van der Waals surface area contributed by atoms with Gasteiger partial charge in [0.05, 0.1) is 11.6 Å². The van der Waals surface area contributed by atoms with Crippen LogP contribution >= 0.6 is 11.6 Å². The summed E-state index contributed by atoms with van der Waals surface area (Å²) in [5.41, 5.74) is 0.904. The van der Waals surface area contributed by atoms with E-state index in [4.69, 9.17) is 20.8 Å². The number of methoxy groups -OCH3 is 1. The van der Waals surface area contributed by atoms with E-state index in [2.05, 4.69) is 18.3 Å². The molecule has 3 nitrogen and oxygen atoms in total. The van der Waals surface area contributed by atoms with Gasteiger partial charge in [-0.15, -0.1) is 0 Å². The van der Waals surface area contributed by atoms with Gasteiger partial charge in [0.1, 0.15) is 11.3 Å². The van der Waals surface area contributed by atoms with Gasteiger partial charge in [0.15, 0.2) is 0 Å². The SMILES string of the molecule is CCNC(CC1(OC)CCC1)c1cc2cc(Cl)ccc2o1. The molecular formula is C17H22ClNO2. The number of halogens is 1. The molecule has 1 aromatic carbocycles. The van der Waals surface area contributed by atoms with Crippen LogP contribution < -0.4 is 5.32 Å². The van der Waals surface area contributed by atoms with Crippen molar-refractivity contribution in [3.8, 4) is 0 Å². The Morgan fingerprint density at radius 3 is 2.81 bits per heavy atom. The van der Waals surface area contributed by atoms with Crippen LogP contribution in [0, 0.1) is 0 Å². The highest BCUT2D eigenvalue weighted by atomic mass is 35.5. The summed E-state index contributed by atoms with van der Waals surface area (Å²) >= 11 is 6.05. The third kappa shape index (κ3) is 2.96. The predicted octanol–water partition coefficient (Wildman–Crippen LogP) is 4.70. The van der Waals surface area contributed by atoms with E-state index < -0.39 is 0 Å². The van der Waals surface area contributed by atoms with Gasteiger partial charge in [-0.2, -0.15) is 0 Å². The minimum absolute atomic E-state index is 0.0173. The Bertz CT molecular complexity index is 613. The van der Waals surface area contributed by atoms with Gasteiger partial charge in [-0.1, -0.05) is 18.5 Å². The maximum atomic E-state index is 6.05. The molecule has 3 rings (SSSR count). The van der Waals surface area contributed by atoms with Gasteiger partial charge in [-0.25, -0.2) is 0 Å². The Morgan fingerprint density at radius 2 is 2.19 bits per heavy atom. The molecule has 1 aromatic heterocycles. The minimum Gasteiger partial charge on any atom is -0.459 e. The summed E-state index contributed by atoms with van der Waals surface area (Å²) < 4.78 is 11.8. The summed E-state index contributed by atoms with van der Waals surface area (Å²) in [6.07, 6.45) is 4.47. The second kappa shape index (κ2) is 5.99. The fourth-order valence-corrected chi connectivity index (χ4v) is 3.34. The quantitative estimate of drug-likeness (QED) is 0.840. The van der Waals surface area contributed by atoms with Crippen molar-refractivity contribution in [1.82, 2.24) is 5.32 Å². The molecule has 4 heteroatoms. The van der Waals surface area contributed by atoms with Crippen LogP contribution in [0.3, 0.4) is 0 Å². The first-order chi connectivity index (χ1) is 10.2. The first-order valence-corrected chi connectivity index (χ1v) is 8.01. The molecule has 1 fully saturated rings. The van der Waals surface area contributed by atoms with E-state index >= 15 is 0 Å². The Balaban J connectivity index is 1.87. The smallest absolute Gasteiger partial charge is 0.134 e. The van der Waals surface area contributed by atoms with Crippen molar-refractivity contribution in [2.24, 2.45) is 0 Å². The molecule has 114 valence electrons. The zero-order valence-corrected chi connectivity index (χ0v) is 13.4. The highest BCUT2D eigenvalue weighted by Gasteiger charge is 2.39. The monoisotopic (exact) mass is 307 g/mol. The Morgan fingerprint density at radius 1 is 1.38 bits per heavy atom. The first-order valence-electron chi connectivity index (χ1n) is 7.63. The maximum Gasteiger partial charge on any atom is 0.134 e. The van der Waals surface area contributed by atoms with Gasteiger partial charge in [-0.3, -0.25) is 0 Å². The van der Waals surface area contributed by atoms with Gasteiger partial charge < -0.3 is 14.5 Å². The zero-order chi connectivity index (χ0) is 14.9. The van der Waals surface area contributed by atoms with Crippen molar-refractivity contribution in [1.29, 1.82) is 0 Å². The van der Waals surface area contributed by atoms with Crippen LogP contribution in [0.25, 0.3) is 11.0 Å². The maximum absolute atomic E-state index is 6.05. The van der Waals surface area contributed by atoms with Gasteiger partial charge in [0.2, 0.25) is 0 Å². The number of hydrogen-bond acceptors (Lipinski definition) is 3. The molecule has 1 unspecified atom stereocenters. The lowest BCUT2D eigenvalue weighted by atomic mass is 9.75. The number of fused-ring (bicyclic) bond motifs is 1. The third-order valence-corrected chi connectivity index (χ3v) is 4.80. The van der Waals surface area contributed by atoms with E-state index in [1.807, 2.05) is 25.3 Å². The van der Waals surface area contributed by atoms with Crippen LogP contribution in [0.2, 0.25) is 5.02 Å². The van der Waals surface area contributed by atoms with Crippen molar-refractivity contribution < 1.29 is 9.15 Å². The number of furan rings is 1. The summed E-state index contributed by atoms with van der Waals surface area (Å²) in [7, 11) is 1.82. The molecule has 0 spiro atoms. The van der Waals surface area contributed by atoms with E-state index in [0.717, 1.165) is 47.6 Å². The second-order valence-electron chi connectivity index (χ2n) is 5.89. The summed E-state index contributed by atoms with van der Waals surface area (Å²) in [6, 6.07) is 8.02. The Labute approximate surface area is 130 Å². The van der Waals surface area contributed by atoms with Crippen molar-refractivity contribution in [2.45, 2.75) is 44.2 Å². The molecule has 0 bridgehead atoms.